The van der Waals surface area contributed by atoms with E-state index in [2.05, 4.69) is 29.4 Å². The highest BCUT2D eigenvalue weighted by atomic mass is 16.8. The summed E-state index contributed by atoms with van der Waals surface area (Å²) < 4.78 is 0. The lowest BCUT2D eigenvalue weighted by atomic mass is 10.1. The van der Waals surface area contributed by atoms with E-state index in [-0.39, 0.29) is 0 Å². The average molecular weight is 328 g/mol. The molecular formula is C19H37NO3. The van der Waals surface area contributed by atoms with Crippen molar-refractivity contribution in [2.75, 3.05) is 6.54 Å². The van der Waals surface area contributed by atoms with E-state index in [0.717, 1.165) is 12.8 Å². The van der Waals surface area contributed by atoms with Gasteiger partial charge in [-0.15, -0.1) is 0 Å². The van der Waals surface area contributed by atoms with Crippen molar-refractivity contribution in [2.24, 2.45) is 0 Å². The topological polar surface area (TPSA) is 58.6 Å². The van der Waals surface area contributed by atoms with E-state index in [1.54, 1.807) is 0 Å². The molecule has 23 heavy (non-hydrogen) atoms. The highest BCUT2D eigenvalue weighted by Crippen LogP contribution is 2.09. The zero-order chi connectivity index (χ0) is 17.0. The smallest absolute Gasteiger partial charge is 0.448 e. The van der Waals surface area contributed by atoms with Crippen molar-refractivity contribution >= 4 is 6.16 Å². The highest BCUT2D eigenvalue weighted by Gasteiger charge is 1.95. The van der Waals surface area contributed by atoms with Crippen molar-refractivity contribution < 1.29 is 14.7 Å². The molecule has 0 aromatic heterocycles. The molecule has 0 aliphatic rings. The van der Waals surface area contributed by atoms with Gasteiger partial charge in [0.2, 0.25) is 0 Å². The van der Waals surface area contributed by atoms with Gasteiger partial charge in [0.05, 0.1) is 0 Å². The van der Waals surface area contributed by atoms with E-state index in [9.17, 15) is 4.79 Å². The van der Waals surface area contributed by atoms with Crippen LogP contribution >= 0.6 is 0 Å². The fraction of sp³-hybridized carbons (Fsp3) is 0.842. The number of hydrogen-bond acceptors (Lipinski definition) is 3. The summed E-state index contributed by atoms with van der Waals surface area (Å²) in [6.07, 6.45) is 21.3. The molecule has 2 N–H and O–H groups in total. The van der Waals surface area contributed by atoms with Gasteiger partial charge < -0.3 is 9.94 Å². The van der Waals surface area contributed by atoms with Crippen LogP contribution in [0.2, 0.25) is 0 Å². The summed E-state index contributed by atoms with van der Waals surface area (Å²) >= 11 is 0. The minimum absolute atomic E-state index is 0.605. The molecule has 0 saturated carbocycles. The Morgan fingerprint density at radius 3 is 1.83 bits per heavy atom. The largest absolute Gasteiger partial charge is 0.525 e. The Bertz CT molecular complexity index is 280. The number of rotatable bonds is 17. The molecule has 0 amide bonds. The summed E-state index contributed by atoms with van der Waals surface area (Å²) in [6, 6.07) is 0. The molecule has 0 saturated heterocycles. The molecule has 4 nitrogen and oxygen atoms in total. The van der Waals surface area contributed by atoms with Gasteiger partial charge in [-0.25, -0.2) is 4.79 Å². The highest BCUT2D eigenvalue weighted by molar-refractivity contribution is 5.56. The maximum atomic E-state index is 10.1. The SMILES string of the molecule is CCCCCCCCC=CCCCCCCCCNOC(=O)O. The number of hydrogen-bond donors (Lipinski definition) is 2. The lowest BCUT2D eigenvalue weighted by molar-refractivity contribution is 0.0436. The minimum Gasteiger partial charge on any atom is -0.448 e. The second-order valence-corrected chi connectivity index (χ2v) is 6.20. The van der Waals surface area contributed by atoms with Crippen molar-refractivity contribution in [3.63, 3.8) is 0 Å². The number of allylic oxidation sites excluding steroid dienone is 2. The molecule has 0 unspecified atom stereocenters. The summed E-state index contributed by atoms with van der Waals surface area (Å²) in [4.78, 5) is 14.3. The molecule has 0 radical (unpaired) electrons. The van der Waals surface area contributed by atoms with Gasteiger partial charge in [-0.3, -0.25) is 0 Å². The van der Waals surface area contributed by atoms with Crippen molar-refractivity contribution in [3.8, 4) is 0 Å². The Morgan fingerprint density at radius 2 is 1.30 bits per heavy atom. The molecule has 0 aliphatic carbocycles. The first-order chi connectivity index (χ1) is 11.3. The molecule has 0 rings (SSSR count). The number of carboxylic acid groups (broad SMARTS) is 1. The Morgan fingerprint density at radius 1 is 0.826 bits per heavy atom. The summed E-state index contributed by atoms with van der Waals surface area (Å²) in [5.74, 6) is 0. The van der Waals surface area contributed by atoms with Crippen molar-refractivity contribution in [1.29, 1.82) is 0 Å². The third-order valence-electron chi connectivity index (χ3n) is 3.95. The number of hydroxylamine groups is 1. The van der Waals surface area contributed by atoms with Gasteiger partial charge in [-0.1, -0.05) is 76.9 Å². The molecule has 0 bridgehead atoms. The molecule has 0 heterocycles. The monoisotopic (exact) mass is 327 g/mol. The fourth-order valence-electron chi connectivity index (χ4n) is 2.56. The van der Waals surface area contributed by atoms with Crippen LogP contribution in [0.3, 0.4) is 0 Å². The quantitative estimate of drug-likeness (QED) is 0.189. The van der Waals surface area contributed by atoms with E-state index >= 15 is 0 Å². The van der Waals surface area contributed by atoms with Gasteiger partial charge in [0, 0.05) is 6.54 Å². The Hall–Kier alpha value is -1.03. The molecule has 0 spiro atoms. The maximum absolute atomic E-state index is 10.1. The normalized spacial score (nSPS) is 11.2. The van der Waals surface area contributed by atoms with Crippen LogP contribution in [-0.2, 0) is 4.84 Å². The summed E-state index contributed by atoms with van der Waals surface area (Å²) in [5.41, 5.74) is 2.43. The van der Waals surface area contributed by atoms with E-state index in [1.807, 2.05) is 0 Å². The van der Waals surface area contributed by atoms with Crippen LogP contribution in [0.1, 0.15) is 96.8 Å². The lowest BCUT2D eigenvalue weighted by Crippen LogP contribution is -2.19. The molecule has 0 atom stereocenters. The van der Waals surface area contributed by atoms with E-state index < -0.39 is 6.16 Å². The molecule has 0 aliphatic heterocycles. The predicted molar refractivity (Wildman–Crippen MR) is 96.6 cm³/mol. The van der Waals surface area contributed by atoms with E-state index in [1.165, 1.54) is 77.0 Å². The first-order valence-corrected chi connectivity index (χ1v) is 9.55. The van der Waals surface area contributed by atoms with Gasteiger partial charge in [0.1, 0.15) is 0 Å². The van der Waals surface area contributed by atoms with Gasteiger partial charge in [0.15, 0.2) is 0 Å². The summed E-state index contributed by atoms with van der Waals surface area (Å²) in [6.45, 7) is 2.87. The van der Waals surface area contributed by atoms with Crippen LogP contribution in [0, 0.1) is 0 Å². The maximum Gasteiger partial charge on any atom is 0.525 e. The zero-order valence-electron chi connectivity index (χ0n) is 15.0. The fourth-order valence-corrected chi connectivity index (χ4v) is 2.56. The molecule has 136 valence electrons. The standard InChI is InChI=1S/C19H37NO3/c1-2-3-4-5-6-7-8-9-10-11-12-13-14-15-16-17-18-20-23-19(21)22/h9-10,20H,2-8,11-18H2,1H3,(H,21,22). The van der Waals surface area contributed by atoms with Crippen LogP contribution in [0.5, 0.6) is 0 Å². The first-order valence-electron chi connectivity index (χ1n) is 9.55. The number of unbranched alkanes of at least 4 members (excludes halogenated alkanes) is 12. The van der Waals surface area contributed by atoms with Crippen LogP contribution in [-0.4, -0.2) is 17.8 Å². The molecule has 0 aromatic carbocycles. The average Bonchev–Trinajstić information content (AvgIpc) is 2.53. The van der Waals surface area contributed by atoms with Crippen LogP contribution < -0.4 is 5.48 Å². The zero-order valence-corrected chi connectivity index (χ0v) is 15.0. The molecular weight excluding hydrogens is 290 g/mol. The van der Waals surface area contributed by atoms with Gasteiger partial charge >= 0.3 is 6.16 Å². The van der Waals surface area contributed by atoms with Crippen molar-refractivity contribution in [2.45, 2.75) is 96.8 Å². The van der Waals surface area contributed by atoms with Crippen LogP contribution in [0.4, 0.5) is 4.79 Å². The number of carbonyl (C=O) groups is 1. The van der Waals surface area contributed by atoms with Crippen LogP contribution in [0.15, 0.2) is 12.2 Å². The van der Waals surface area contributed by atoms with Gasteiger partial charge in [-0.05, 0) is 32.1 Å². The minimum atomic E-state index is -1.27. The first kappa shape index (κ1) is 22.0. The van der Waals surface area contributed by atoms with Gasteiger partial charge in [-0.2, -0.15) is 5.48 Å². The third kappa shape index (κ3) is 21.0. The molecule has 4 heteroatoms. The Balaban J connectivity index is 3.06. The Labute approximate surface area is 142 Å². The number of nitrogens with one attached hydrogen (secondary N) is 1. The van der Waals surface area contributed by atoms with Crippen molar-refractivity contribution in [1.82, 2.24) is 5.48 Å². The second kappa shape index (κ2) is 19.0. The summed E-state index contributed by atoms with van der Waals surface area (Å²) in [5, 5.41) is 8.26. The molecule has 0 aromatic rings. The third-order valence-corrected chi connectivity index (χ3v) is 3.95. The van der Waals surface area contributed by atoms with E-state index in [0.29, 0.717) is 6.54 Å². The molecule has 0 fully saturated rings. The van der Waals surface area contributed by atoms with Crippen molar-refractivity contribution in [3.05, 3.63) is 12.2 Å². The van der Waals surface area contributed by atoms with Gasteiger partial charge in [0.25, 0.3) is 0 Å². The van der Waals surface area contributed by atoms with E-state index in [4.69, 9.17) is 5.11 Å². The predicted octanol–water partition coefficient (Wildman–Crippen LogP) is 6.22. The van der Waals surface area contributed by atoms with Crippen LogP contribution in [0.25, 0.3) is 0 Å². The summed E-state index contributed by atoms with van der Waals surface area (Å²) in [7, 11) is 0. The second-order valence-electron chi connectivity index (χ2n) is 6.20. The lowest BCUT2D eigenvalue weighted by Gasteiger charge is -2.02. The Kier molecular flexibility index (Phi) is 18.2.